The molecule has 3 aliphatic rings. The molecule has 0 radical (unpaired) electrons. The minimum Gasteiger partial charge on any atom is -0.311 e. The van der Waals surface area contributed by atoms with Crippen molar-refractivity contribution in [3.63, 3.8) is 0 Å². The number of hydrogen-bond acceptors (Lipinski definition) is 5. The van der Waals surface area contributed by atoms with Crippen LogP contribution >= 0.6 is 0 Å². The van der Waals surface area contributed by atoms with Gasteiger partial charge in [-0.05, 0) is 56.7 Å². The van der Waals surface area contributed by atoms with Gasteiger partial charge in [0.25, 0.3) is 5.91 Å². The molecule has 6 nitrogen and oxygen atoms in total. The zero-order valence-corrected chi connectivity index (χ0v) is 14.1. The van der Waals surface area contributed by atoms with Crippen molar-refractivity contribution >= 4 is 5.91 Å². The van der Waals surface area contributed by atoms with Gasteiger partial charge < -0.3 is 5.32 Å². The van der Waals surface area contributed by atoms with Crippen LogP contribution in [0, 0.1) is 0 Å². The Kier molecular flexibility index (Phi) is 4.28. The third-order valence-electron chi connectivity index (χ3n) is 6.13. The summed E-state index contributed by atoms with van der Waals surface area (Å²) >= 11 is 0. The molecule has 1 saturated carbocycles. The molecule has 3 N–H and O–H groups in total. The van der Waals surface area contributed by atoms with E-state index in [1.54, 1.807) is 11.7 Å². The summed E-state index contributed by atoms with van der Waals surface area (Å²) in [4.78, 5) is 18.6. The number of carbonyl (C=O) groups excluding carboxylic acids is 1. The normalized spacial score (nSPS) is 30.3. The Hall–Kier alpha value is -1.50. The highest BCUT2D eigenvalue weighted by Crippen LogP contribution is 2.39. The number of aromatic nitrogens is 1. The molecule has 1 amide bonds. The number of nitrogens with zero attached hydrogens (tertiary/aromatic N) is 2. The standard InChI is InChI=1S/C18H26N4O2/c23-17(21-24)14-9-13-4-8-22(12-16(13)19-11-14)15-3-6-18(10-15)5-1-2-7-20-18/h9,11,15,20,24H,1-8,10,12H2,(H,21,23). The summed E-state index contributed by atoms with van der Waals surface area (Å²) in [6.07, 6.45) is 10.3. The SMILES string of the molecule is O=C(NO)c1cnc2c(c1)CCN(C1CCC3(CCCCN3)C1)C2. The van der Waals surface area contributed by atoms with Gasteiger partial charge in [0.2, 0.25) is 0 Å². The Bertz CT molecular complexity index is 627. The molecule has 0 aromatic carbocycles. The number of hydrogen-bond donors (Lipinski definition) is 3. The van der Waals surface area contributed by atoms with E-state index in [2.05, 4.69) is 15.2 Å². The lowest BCUT2D eigenvalue weighted by atomic mass is 9.87. The van der Waals surface area contributed by atoms with E-state index < -0.39 is 5.91 Å². The van der Waals surface area contributed by atoms with Crippen LogP contribution in [0.1, 0.15) is 60.1 Å². The third-order valence-corrected chi connectivity index (χ3v) is 6.13. The van der Waals surface area contributed by atoms with Crippen molar-refractivity contribution in [2.45, 2.75) is 63.1 Å². The van der Waals surface area contributed by atoms with Crippen LogP contribution in [0.2, 0.25) is 0 Å². The molecule has 1 aromatic heterocycles. The summed E-state index contributed by atoms with van der Waals surface area (Å²) in [5.74, 6) is -0.492. The maximum atomic E-state index is 11.5. The Morgan fingerprint density at radius 2 is 2.33 bits per heavy atom. The third kappa shape index (κ3) is 2.94. The summed E-state index contributed by atoms with van der Waals surface area (Å²) in [7, 11) is 0. The van der Waals surface area contributed by atoms with E-state index in [9.17, 15) is 4.79 Å². The van der Waals surface area contributed by atoms with Crippen molar-refractivity contribution in [1.82, 2.24) is 20.7 Å². The molecule has 2 fully saturated rings. The predicted octanol–water partition coefficient (Wildman–Crippen LogP) is 1.62. The topological polar surface area (TPSA) is 77.5 Å². The van der Waals surface area contributed by atoms with Crippen LogP contribution in [0.15, 0.2) is 12.3 Å². The van der Waals surface area contributed by atoms with Gasteiger partial charge >= 0.3 is 0 Å². The Morgan fingerprint density at radius 3 is 3.12 bits per heavy atom. The van der Waals surface area contributed by atoms with Crippen LogP contribution in [0.25, 0.3) is 0 Å². The Balaban J connectivity index is 1.44. The number of pyridine rings is 1. The van der Waals surface area contributed by atoms with Crippen LogP contribution in [0.5, 0.6) is 0 Å². The van der Waals surface area contributed by atoms with E-state index in [0.29, 0.717) is 17.1 Å². The molecule has 4 rings (SSSR count). The molecule has 1 aromatic rings. The number of nitrogens with one attached hydrogen (secondary N) is 2. The summed E-state index contributed by atoms with van der Waals surface area (Å²) in [6.45, 7) is 3.07. The van der Waals surface area contributed by atoms with Gasteiger partial charge in [-0.15, -0.1) is 0 Å². The highest BCUT2D eigenvalue weighted by atomic mass is 16.5. The molecular weight excluding hydrogens is 304 g/mol. The fourth-order valence-electron chi connectivity index (χ4n) is 4.76. The molecule has 1 saturated heterocycles. The van der Waals surface area contributed by atoms with Crippen molar-refractivity contribution in [2.75, 3.05) is 13.1 Å². The maximum Gasteiger partial charge on any atom is 0.276 e. The number of amides is 1. The average molecular weight is 330 g/mol. The lowest BCUT2D eigenvalue weighted by molar-refractivity contribution is 0.0705. The van der Waals surface area contributed by atoms with E-state index >= 15 is 0 Å². The van der Waals surface area contributed by atoms with Crippen molar-refractivity contribution in [3.8, 4) is 0 Å². The second kappa shape index (κ2) is 6.43. The second-order valence-electron chi connectivity index (χ2n) is 7.55. The smallest absolute Gasteiger partial charge is 0.276 e. The van der Waals surface area contributed by atoms with Crippen LogP contribution in [0.4, 0.5) is 0 Å². The van der Waals surface area contributed by atoms with Crippen molar-refractivity contribution in [2.24, 2.45) is 0 Å². The summed E-state index contributed by atoms with van der Waals surface area (Å²) in [5.41, 5.74) is 4.71. The zero-order valence-electron chi connectivity index (χ0n) is 14.1. The first-order valence-corrected chi connectivity index (χ1v) is 9.10. The Labute approximate surface area is 142 Å². The zero-order chi connectivity index (χ0) is 16.6. The van der Waals surface area contributed by atoms with Crippen molar-refractivity contribution < 1.29 is 10.0 Å². The lowest BCUT2D eigenvalue weighted by Gasteiger charge is -2.37. The average Bonchev–Trinajstić information content (AvgIpc) is 3.04. The fourth-order valence-corrected chi connectivity index (χ4v) is 4.76. The van der Waals surface area contributed by atoms with E-state index in [1.165, 1.54) is 45.1 Å². The number of carbonyl (C=O) groups is 1. The first kappa shape index (κ1) is 16.0. The van der Waals surface area contributed by atoms with Gasteiger partial charge in [-0.3, -0.25) is 19.9 Å². The molecular formula is C18H26N4O2. The number of hydroxylamine groups is 1. The molecule has 6 heteroatoms. The largest absolute Gasteiger partial charge is 0.311 e. The first-order chi connectivity index (χ1) is 11.7. The number of piperidine rings is 1. The fraction of sp³-hybridized carbons (Fsp3) is 0.667. The van der Waals surface area contributed by atoms with Gasteiger partial charge in [0.05, 0.1) is 11.3 Å². The van der Waals surface area contributed by atoms with Crippen molar-refractivity contribution in [1.29, 1.82) is 0 Å². The highest BCUT2D eigenvalue weighted by molar-refractivity contribution is 5.93. The van der Waals surface area contributed by atoms with E-state index in [1.807, 2.05) is 6.07 Å². The van der Waals surface area contributed by atoms with E-state index in [-0.39, 0.29) is 0 Å². The van der Waals surface area contributed by atoms with Crippen LogP contribution in [0.3, 0.4) is 0 Å². The molecule has 2 unspecified atom stereocenters. The molecule has 130 valence electrons. The van der Waals surface area contributed by atoms with Crippen molar-refractivity contribution in [3.05, 3.63) is 29.1 Å². The van der Waals surface area contributed by atoms with Crippen LogP contribution < -0.4 is 10.8 Å². The lowest BCUT2D eigenvalue weighted by Crippen LogP contribution is -2.48. The number of rotatable bonds is 2. The summed E-state index contributed by atoms with van der Waals surface area (Å²) in [6, 6.07) is 2.51. The highest BCUT2D eigenvalue weighted by Gasteiger charge is 2.42. The Morgan fingerprint density at radius 1 is 1.42 bits per heavy atom. The van der Waals surface area contributed by atoms with E-state index in [0.717, 1.165) is 30.8 Å². The van der Waals surface area contributed by atoms with Gasteiger partial charge in [0, 0.05) is 30.9 Å². The second-order valence-corrected chi connectivity index (χ2v) is 7.55. The molecule has 3 heterocycles. The van der Waals surface area contributed by atoms with Gasteiger partial charge in [-0.25, -0.2) is 5.48 Å². The summed E-state index contributed by atoms with van der Waals surface area (Å²) < 4.78 is 0. The minimum absolute atomic E-state index is 0.389. The molecule has 2 aliphatic heterocycles. The molecule has 1 aliphatic carbocycles. The monoisotopic (exact) mass is 330 g/mol. The van der Waals surface area contributed by atoms with Gasteiger partial charge in [0.15, 0.2) is 0 Å². The van der Waals surface area contributed by atoms with Gasteiger partial charge in [-0.1, -0.05) is 6.42 Å². The quantitative estimate of drug-likeness (QED) is 0.567. The molecule has 1 spiro atoms. The molecule has 24 heavy (non-hydrogen) atoms. The number of fused-ring (bicyclic) bond motifs is 1. The first-order valence-electron chi connectivity index (χ1n) is 9.10. The minimum atomic E-state index is -0.492. The van der Waals surface area contributed by atoms with Gasteiger partial charge in [-0.2, -0.15) is 0 Å². The van der Waals surface area contributed by atoms with Crippen LogP contribution in [-0.2, 0) is 13.0 Å². The summed E-state index contributed by atoms with van der Waals surface area (Å²) in [5, 5.41) is 12.6. The van der Waals surface area contributed by atoms with E-state index in [4.69, 9.17) is 5.21 Å². The van der Waals surface area contributed by atoms with Gasteiger partial charge in [0.1, 0.15) is 0 Å². The predicted molar refractivity (Wildman–Crippen MR) is 89.8 cm³/mol. The van der Waals surface area contributed by atoms with Crippen LogP contribution in [-0.4, -0.2) is 45.7 Å². The maximum absolute atomic E-state index is 11.5. The molecule has 0 bridgehead atoms. The molecule has 2 atom stereocenters.